The maximum absolute atomic E-state index is 2.53. The van der Waals surface area contributed by atoms with Crippen LogP contribution in [0, 0.1) is 0 Å². The summed E-state index contributed by atoms with van der Waals surface area (Å²) in [7, 11) is 0. The van der Waals surface area contributed by atoms with E-state index in [9.17, 15) is 0 Å². The fourth-order valence-corrected chi connectivity index (χ4v) is 3.16. The fourth-order valence-electron chi connectivity index (χ4n) is 2.07. The van der Waals surface area contributed by atoms with Gasteiger partial charge in [-0.25, -0.2) is 4.58 Å². The van der Waals surface area contributed by atoms with Gasteiger partial charge in [0.25, 0.3) is 0 Å². The minimum absolute atomic E-state index is 0. The molecule has 17 heavy (non-hydrogen) atoms. The minimum atomic E-state index is 0. The molecule has 0 fully saturated rings. The maximum atomic E-state index is 2.53. The summed E-state index contributed by atoms with van der Waals surface area (Å²) in [6.45, 7) is 3.48. The molecule has 0 amide bonds. The molecule has 1 heterocycles. The Balaban J connectivity index is 0.00000144. The van der Waals surface area contributed by atoms with E-state index in [0.29, 0.717) is 6.04 Å². The van der Waals surface area contributed by atoms with E-state index in [2.05, 4.69) is 47.4 Å². The van der Waals surface area contributed by atoms with Crippen LogP contribution in [0.5, 0.6) is 0 Å². The molecule has 1 atom stereocenters. The Morgan fingerprint density at radius 1 is 1.29 bits per heavy atom. The number of hydrogen-bond donors (Lipinski definition) is 0. The summed E-state index contributed by atoms with van der Waals surface area (Å²) in [5.74, 6) is 1.25. The number of benzene rings is 1. The number of unbranched alkanes of at least 4 members (excludes halogenated alkanes) is 1. The van der Waals surface area contributed by atoms with Crippen LogP contribution in [-0.2, 0) is 6.42 Å². The van der Waals surface area contributed by atoms with E-state index in [1.54, 1.807) is 0 Å². The van der Waals surface area contributed by atoms with E-state index >= 15 is 0 Å². The van der Waals surface area contributed by atoms with Crippen molar-refractivity contribution in [2.45, 2.75) is 32.2 Å². The van der Waals surface area contributed by atoms with Gasteiger partial charge in [0.1, 0.15) is 6.54 Å². The molecule has 0 spiro atoms. The van der Waals surface area contributed by atoms with Crippen LogP contribution >= 0.6 is 11.8 Å². The molecule has 1 nitrogen and oxygen atoms in total. The zero-order chi connectivity index (χ0) is 11.2. The van der Waals surface area contributed by atoms with Crippen LogP contribution < -0.4 is 24.0 Å². The van der Waals surface area contributed by atoms with E-state index in [0.717, 1.165) is 0 Å². The summed E-state index contributed by atoms with van der Waals surface area (Å²) in [6, 6.07) is 11.5. The predicted molar refractivity (Wildman–Crippen MR) is 72.5 cm³/mol. The Kier molecular flexibility index (Phi) is 7.19. The molecule has 0 saturated heterocycles. The second kappa shape index (κ2) is 8.14. The minimum Gasteiger partial charge on any atom is -1.00 e. The van der Waals surface area contributed by atoms with Crippen molar-refractivity contribution in [2.75, 3.05) is 12.3 Å². The molecule has 1 aromatic rings. The second-order valence-corrected chi connectivity index (χ2v) is 5.25. The molecule has 1 aliphatic rings. The van der Waals surface area contributed by atoms with Gasteiger partial charge < -0.3 is 24.0 Å². The first-order valence-corrected chi connectivity index (χ1v) is 7.19. The highest BCUT2D eigenvalue weighted by molar-refractivity contribution is 8.12. The Bertz CT molecular complexity index is 350. The SMILES string of the molecule is CCCC[N+]1=CSC[C@@H]1Cc1ccccc1.[I-]. The number of thioether (sulfide) groups is 1. The molecule has 0 bridgehead atoms. The molecule has 94 valence electrons. The van der Waals surface area contributed by atoms with Crippen LogP contribution in [0.3, 0.4) is 0 Å². The van der Waals surface area contributed by atoms with Gasteiger partial charge in [0, 0.05) is 12.8 Å². The van der Waals surface area contributed by atoms with Crippen molar-refractivity contribution in [2.24, 2.45) is 0 Å². The van der Waals surface area contributed by atoms with Gasteiger partial charge >= 0.3 is 0 Å². The molecule has 0 saturated carbocycles. The first-order valence-electron chi connectivity index (χ1n) is 6.14. The molecule has 2 rings (SSSR count). The third kappa shape index (κ3) is 4.62. The highest BCUT2D eigenvalue weighted by Gasteiger charge is 2.26. The molecule has 0 unspecified atom stereocenters. The van der Waals surface area contributed by atoms with E-state index in [4.69, 9.17) is 0 Å². The standard InChI is InChI=1S/C14H20NS.HI/c1-2-3-9-15-12-16-11-14(15)10-13-7-5-4-6-8-13;/h4-8,12,14H,2-3,9-11H2,1H3;1H/q+1;/p-1/t14-;/m0./s1. The van der Waals surface area contributed by atoms with Crippen LogP contribution in [-0.4, -0.2) is 28.5 Å². The maximum Gasteiger partial charge on any atom is 0.198 e. The normalized spacial score (nSPS) is 18.6. The average molecular weight is 361 g/mol. The van der Waals surface area contributed by atoms with Gasteiger partial charge in [0.05, 0.1) is 5.75 Å². The number of nitrogens with zero attached hydrogens (tertiary/aromatic N) is 1. The molecule has 0 aliphatic carbocycles. The second-order valence-electron chi connectivity index (χ2n) is 4.37. The number of halogens is 1. The highest BCUT2D eigenvalue weighted by Crippen LogP contribution is 2.16. The van der Waals surface area contributed by atoms with Crippen molar-refractivity contribution < 1.29 is 28.6 Å². The van der Waals surface area contributed by atoms with Crippen molar-refractivity contribution in [3.8, 4) is 0 Å². The third-order valence-electron chi connectivity index (χ3n) is 3.05. The quantitative estimate of drug-likeness (QED) is 0.535. The molecule has 3 heteroatoms. The first-order chi connectivity index (χ1) is 7.90. The largest absolute Gasteiger partial charge is 1.00 e. The van der Waals surface area contributed by atoms with Crippen molar-refractivity contribution in [1.29, 1.82) is 0 Å². The molecular weight excluding hydrogens is 341 g/mol. The van der Waals surface area contributed by atoms with E-state index in [1.165, 1.54) is 37.1 Å². The molecule has 1 aliphatic heterocycles. The zero-order valence-electron chi connectivity index (χ0n) is 10.3. The van der Waals surface area contributed by atoms with Crippen LogP contribution in [0.2, 0.25) is 0 Å². The lowest BCUT2D eigenvalue weighted by Gasteiger charge is -2.09. The smallest absolute Gasteiger partial charge is 0.198 e. The van der Waals surface area contributed by atoms with Crippen molar-refractivity contribution in [3.05, 3.63) is 35.9 Å². The number of hydrogen-bond acceptors (Lipinski definition) is 1. The Morgan fingerprint density at radius 3 is 2.76 bits per heavy atom. The Hall–Kier alpha value is -0.0300. The topological polar surface area (TPSA) is 3.01 Å². The Morgan fingerprint density at radius 2 is 2.06 bits per heavy atom. The fraction of sp³-hybridized carbons (Fsp3) is 0.500. The number of rotatable bonds is 5. The summed E-state index contributed by atoms with van der Waals surface area (Å²) >= 11 is 1.96. The van der Waals surface area contributed by atoms with Crippen LogP contribution in [0.1, 0.15) is 25.3 Å². The lowest BCUT2D eigenvalue weighted by Crippen LogP contribution is -3.00. The average Bonchev–Trinajstić information content (AvgIpc) is 2.75. The lowest BCUT2D eigenvalue weighted by molar-refractivity contribution is -0.552. The molecular formula is C14H20INS. The van der Waals surface area contributed by atoms with Crippen LogP contribution in [0.25, 0.3) is 0 Å². The summed E-state index contributed by atoms with van der Waals surface area (Å²) in [4.78, 5) is 0. The van der Waals surface area contributed by atoms with Crippen LogP contribution in [0.4, 0.5) is 0 Å². The lowest BCUT2D eigenvalue weighted by atomic mass is 10.1. The molecule has 1 aromatic carbocycles. The van der Waals surface area contributed by atoms with E-state index < -0.39 is 0 Å². The van der Waals surface area contributed by atoms with Gasteiger partial charge in [-0.3, -0.25) is 0 Å². The van der Waals surface area contributed by atoms with Crippen molar-refractivity contribution in [1.82, 2.24) is 0 Å². The van der Waals surface area contributed by atoms with Gasteiger partial charge in [-0.1, -0.05) is 55.4 Å². The first kappa shape index (κ1) is 15.0. The zero-order valence-corrected chi connectivity index (χ0v) is 13.3. The predicted octanol–water partition coefficient (Wildman–Crippen LogP) is 0.189. The molecule has 0 radical (unpaired) electrons. The van der Waals surface area contributed by atoms with Gasteiger partial charge in [-0.05, 0) is 5.56 Å². The van der Waals surface area contributed by atoms with Crippen molar-refractivity contribution >= 4 is 17.3 Å². The van der Waals surface area contributed by atoms with E-state index in [-0.39, 0.29) is 24.0 Å². The summed E-state index contributed by atoms with van der Waals surface area (Å²) in [6.07, 6.45) is 3.78. The van der Waals surface area contributed by atoms with Gasteiger partial charge in [-0.2, -0.15) is 0 Å². The van der Waals surface area contributed by atoms with Gasteiger partial charge in [0.2, 0.25) is 0 Å². The summed E-state index contributed by atoms with van der Waals surface area (Å²) in [5.41, 5.74) is 3.79. The van der Waals surface area contributed by atoms with Crippen LogP contribution in [0.15, 0.2) is 30.3 Å². The third-order valence-corrected chi connectivity index (χ3v) is 4.05. The van der Waals surface area contributed by atoms with Crippen molar-refractivity contribution in [3.63, 3.8) is 0 Å². The van der Waals surface area contributed by atoms with Gasteiger partial charge in [-0.15, -0.1) is 0 Å². The summed E-state index contributed by atoms with van der Waals surface area (Å²) < 4.78 is 2.53. The monoisotopic (exact) mass is 361 g/mol. The molecule has 0 N–H and O–H groups in total. The Labute approximate surface area is 126 Å². The van der Waals surface area contributed by atoms with E-state index in [1.807, 2.05) is 11.8 Å². The van der Waals surface area contributed by atoms with Gasteiger partial charge in [0.15, 0.2) is 11.6 Å². The molecule has 0 aromatic heterocycles. The highest BCUT2D eigenvalue weighted by atomic mass is 127. The summed E-state index contributed by atoms with van der Waals surface area (Å²) in [5, 5.41) is 0.